The molecular formula is C24H25N3O4S2. The maximum Gasteiger partial charge on any atom is 0.175 e. The lowest BCUT2D eigenvalue weighted by Gasteiger charge is -2.16. The number of ether oxygens (including phenoxy) is 2. The van der Waals surface area contributed by atoms with Crippen LogP contribution < -0.4 is 14.8 Å². The van der Waals surface area contributed by atoms with Gasteiger partial charge in [-0.05, 0) is 49.7 Å². The molecular weight excluding hydrogens is 458 g/mol. The second kappa shape index (κ2) is 8.99. The zero-order valence-corrected chi connectivity index (χ0v) is 20.7. The summed E-state index contributed by atoms with van der Waals surface area (Å²) in [5, 5.41) is 4.33. The average Bonchev–Trinajstić information content (AvgIpc) is 3.28. The number of aryl methyl sites for hydroxylation is 1. The van der Waals surface area contributed by atoms with Crippen molar-refractivity contribution in [3.8, 4) is 21.9 Å². The summed E-state index contributed by atoms with van der Waals surface area (Å²) in [5.74, 6) is 2.58. The van der Waals surface area contributed by atoms with E-state index in [2.05, 4.69) is 22.2 Å². The normalized spacial score (nSPS) is 12.5. The highest BCUT2D eigenvalue weighted by molar-refractivity contribution is 7.90. The van der Waals surface area contributed by atoms with E-state index in [1.807, 2.05) is 37.3 Å². The number of aromatic nitrogens is 2. The first-order valence-corrected chi connectivity index (χ1v) is 13.0. The fourth-order valence-electron chi connectivity index (χ4n) is 3.58. The smallest absolute Gasteiger partial charge is 0.175 e. The standard InChI is InChI=1S/C24H25N3O4S2/c1-14(22-9-10-23(32-22)16-7-6-8-17(11-16)33(5,28)29)25-24-18-12-20(30-3)21(31-4)13-19(18)26-15(2)27-24/h6-14H,1-5H3,(H,25,26,27). The van der Waals surface area contributed by atoms with Gasteiger partial charge in [-0.15, -0.1) is 11.3 Å². The van der Waals surface area contributed by atoms with Crippen molar-refractivity contribution in [3.05, 3.63) is 59.2 Å². The predicted octanol–water partition coefficient (Wildman–Crippen LogP) is 5.26. The Morgan fingerprint density at radius 2 is 1.73 bits per heavy atom. The molecule has 1 atom stereocenters. The van der Waals surface area contributed by atoms with Crippen molar-refractivity contribution < 1.29 is 17.9 Å². The van der Waals surface area contributed by atoms with Crippen LogP contribution >= 0.6 is 11.3 Å². The molecule has 7 nitrogen and oxygen atoms in total. The molecule has 0 spiro atoms. The summed E-state index contributed by atoms with van der Waals surface area (Å²) >= 11 is 1.61. The van der Waals surface area contributed by atoms with Gasteiger partial charge in [0.25, 0.3) is 0 Å². The molecule has 0 saturated carbocycles. The number of benzene rings is 2. The van der Waals surface area contributed by atoms with E-state index in [1.54, 1.807) is 43.8 Å². The van der Waals surface area contributed by atoms with E-state index < -0.39 is 9.84 Å². The first-order chi connectivity index (χ1) is 15.7. The first kappa shape index (κ1) is 23.0. The van der Waals surface area contributed by atoms with E-state index in [0.717, 1.165) is 26.2 Å². The molecule has 0 aliphatic heterocycles. The Labute approximate surface area is 197 Å². The number of sulfone groups is 1. The van der Waals surface area contributed by atoms with Crippen LogP contribution in [0.3, 0.4) is 0 Å². The number of rotatable bonds is 7. The van der Waals surface area contributed by atoms with Crippen molar-refractivity contribution in [1.82, 2.24) is 9.97 Å². The highest BCUT2D eigenvalue weighted by atomic mass is 32.2. The van der Waals surface area contributed by atoms with Crippen molar-refractivity contribution in [2.45, 2.75) is 24.8 Å². The third-order valence-electron chi connectivity index (χ3n) is 5.27. The lowest BCUT2D eigenvalue weighted by molar-refractivity contribution is 0.356. The zero-order valence-electron chi connectivity index (χ0n) is 19.0. The van der Waals surface area contributed by atoms with Gasteiger partial charge in [-0.25, -0.2) is 18.4 Å². The highest BCUT2D eigenvalue weighted by Crippen LogP contribution is 2.37. The molecule has 0 fully saturated rings. The van der Waals surface area contributed by atoms with Gasteiger partial charge in [0.15, 0.2) is 21.3 Å². The van der Waals surface area contributed by atoms with Gasteiger partial charge in [-0.2, -0.15) is 0 Å². The molecule has 0 amide bonds. The van der Waals surface area contributed by atoms with Crippen LogP contribution in [-0.4, -0.2) is 38.9 Å². The van der Waals surface area contributed by atoms with Crippen LogP contribution in [0.4, 0.5) is 5.82 Å². The largest absolute Gasteiger partial charge is 0.493 e. The van der Waals surface area contributed by atoms with E-state index in [0.29, 0.717) is 28.0 Å². The topological polar surface area (TPSA) is 90.4 Å². The molecule has 0 aliphatic rings. The summed E-state index contributed by atoms with van der Waals surface area (Å²) in [6.07, 6.45) is 1.22. The van der Waals surface area contributed by atoms with Crippen LogP contribution in [0, 0.1) is 6.92 Å². The molecule has 9 heteroatoms. The van der Waals surface area contributed by atoms with Crippen LogP contribution in [0.25, 0.3) is 21.3 Å². The molecule has 1 unspecified atom stereocenters. The fourth-order valence-corrected chi connectivity index (χ4v) is 5.25. The number of hydrogen-bond donors (Lipinski definition) is 1. The lowest BCUT2D eigenvalue weighted by Crippen LogP contribution is -2.08. The third-order valence-corrected chi connectivity index (χ3v) is 7.69. The van der Waals surface area contributed by atoms with Crippen molar-refractivity contribution in [1.29, 1.82) is 0 Å². The Morgan fingerprint density at radius 3 is 2.42 bits per heavy atom. The molecule has 2 aromatic carbocycles. The zero-order chi connectivity index (χ0) is 23.8. The number of thiophene rings is 1. The van der Waals surface area contributed by atoms with Gasteiger partial charge in [-0.3, -0.25) is 0 Å². The average molecular weight is 484 g/mol. The second-order valence-electron chi connectivity index (χ2n) is 7.71. The minimum absolute atomic E-state index is 0.0348. The summed E-state index contributed by atoms with van der Waals surface area (Å²) in [4.78, 5) is 11.6. The fraction of sp³-hybridized carbons (Fsp3) is 0.250. The second-order valence-corrected chi connectivity index (χ2v) is 10.8. The molecule has 1 N–H and O–H groups in total. The van der Waals surface area contributed by atoms with E-state index in [-0.39, 0.29) is 6.04 Å². The molecule has 0 bridgehead atoms. The van der Waals surface area contributed by atoms with Crippen LogP contribution in [0.2, 0.25) is 0 Å². The Morgan fingerprint density at radius 1 is 1.00 bits per heavy atom. The molecule has 0 saturated heterocycles. The summed E-state index contributed by atoms with van der Waals surface area (Å²) in [7, 11) is -0.0665. The monoisotopic (exact) mass is 483 g/mol. The molecule has 2 heterocycles. The number of nitrogens with zero attached hydrogens (tertiary/aromatic N) is 2. The lowest BCUT2D eigenvalue weighted by atomic mass is 10.1. The Balaban J connectivity index is 1.66. The van der Waals surface area contributed by atoms with Crippen LogP contribution in [0.15, 0.2) is 53.4 Å². The maximum atomic E-state index is 11.9. The minimum Gasteiger partial charge on any atom is -0.493 e. The quantitative estimate of drug-likeness (QED) is 0.383. The van der Waals surface area contributed by atoms with Gasteiger partial charge in [-0.1, -0.05) is 12.1 Å². The summed E-state index contributed by atoms with van der Waals surface area (Å²) in [6, 6.07) is 14.8. The van der Waals surface area contributed by atoms with E-state index >= 15 is 0 Å². The van der Waals surface area contributed by atoms with Crippen LogP contribution in [-0.2, 0) is 9.84 Å². The van der Waals surface area contributed by atoms with Gasteiger partial charge in [0.2, 0.25) is 0 Å². The van der Waals surface area contributed by atoms with E-state index in [4.69, 9.17) is 9.47 Å². The first-order valence-electron chi connectivity index (χ1n) is 10.3. The number of hydrogen-bond acceptors (Lipinski definition) is 8. The molecule has 0 aliphatic carbocycles. The van der Waals surface area contributed by atoms with Gasteiger partial charge >= 0.3 is 0 Å². The van der Waals surface area contributed by atoms with Crippen LogP contribution in [0.1, 0.15) is 23.7 Å². The summed E-state index contributed by atoms with van der Waals surface area (Å²) < 4.78 is 34.7. The Hall–Kier alpha value is -3.17. The molecule has 2 aromatic heterocycles. The molecule has 0 radical (unpaired) electrons. The third kappa shape index (κ3) is 4.79. The molecule has 172 valence electrons. The number of fused-ring (bicyclic) bond motifs is 1. The number of anilines is 1. The van der Waals surface area contributed by atoms with Gasteiger partial charge in [0, 0.05) is 27.5 Å². The Bertz CT molecular complexity index is 1430. The molecule has 4 rings (SSSR count). The van der Waals surface area contributed by atoms with Crippen molar-refractivity contribution in [2.24, 2.45) is 0 Å². The minimum atomic E-state index is -3.26. The molecule has 4 aromatic rings. The summed E-state index contributed by atoms with van der Waals surface area (Å²) in [5.41, 5.74) is 1.64. The highest BCUT2D eigenvalue weighted by Gasteiger charge is 2.16. The van der Waals surface area contributed by atoms with E-state index in [9.17, 15) is 8.42 Å². The van der Waals surface area contributed by atoms with Crippen LogP contribution in [0.5, 0.6) is 11.5 Å². The van der Waals surface area contributed by atoms with Crippen molar-refractivity contribution in [2.75, 3.05) is 25.8 Å². The number of methoxy groups -OCH3 is 2. The Kier molecular flexibility index (Phi) is 6.27. The van der Waals surface area contributed by atoms with Gasteiger partial charge in [0.05, 0.1) is 30.7 Å². The predicted molar refractivity (Wildman–Crippen MR) is 132 cm³/mol. The van der Waals surface area contributed by atoms with Crippen molar-refractivity contribution in [3.63, 3.8) is 0 Å². The summed E-state index contributed by atoms with van der Waals surface area (Å²) in [6.45, 7) is 3.91. The van der Waals surface area contributed by atoms with E-state index in [1.165, 1.54) is 6.26 Å². The molecule has 33 heavy (non-hydrogen) atoms. The van der Waals surface area contributed by atoms with Gasteiger partial charge in [0.1, 0.15) is 11.6 Å². The van der Waals surface area contributed by atoms with Gasteiger partial charge < -0.3 is 14.8 Å². The SMILES string of the molecule is COc1cc2nc(C)nc(NC(C)c3ccc(-c4cccc(S(C)(=O)=O)c4)s3)c2cc1OC. The maximum absolute atomic E-state index is 11.9. The van der Waals surface area contributed by atoms with Crippen molar-refractivity contribution >= 4 is 37.9 Å². The number of nitrogens with one attached hydrogen (secondary N) is 1.